The summed E-state index contributed by atoms with van der Waals surface area (Å²) in [6.07, 6.45) is 0. The van der Waals surface area contributed by atoms with Crippen molar-refractivity contribution in [3.8, 4) is 0 Å². The van der Waals surface area contributed by atoms with Crippen molar-refractivity contribution in [1.29, 1.82) is 0 Å². The summed E-state index contributed by atoms with van der Waals surface area (Å²) in [4.78, 5) is 4.93. The first-order chi connectivity index (χ1) is 8.25. The summed E-state index contributed by atoms with van der Waals surface area (Å²) in [5.74, 6) is 0. The maximum absolute atomic E-state index is 3.52. The van der Waals surface area contributed by atoms with Crippen LogP contribution in [0.1, 0.15) is 5.56 Å². The fourth-order valence-electron chi connectivity index (χ4n) is 2.19. The van der Waals surface area contributed by atoms with Gasteiger partial charge in [0.2, 0.25) is 0 Å². The normalized spacial score (nSPS) is 18.2. The lowest BCUT2D eigenvalue weighted by Crippen LogP contribution is -2.45. The van der Waals surface area contributed by atoms with Crippen molar-refractivity contribution < 1.29 is 0 Å². The number of benzene rings is 1. The molecule has 3 nitrogen and oxygen atoms in total. The standard InChI is InChI=1S/C14H23N3/c1-13-5-3-4-6-14(13)15-7-8-17-11-9-16(2)10-12-17/h3-6,15H,7-12H2,1-2H3. The van der Waals surface area contributed by atoms with Gasteiger partial charge in [0.25, 0.3) is 0 Å². The summed E-state index contributed by atoms with van der Waals surface area (Å²) < 4.78 is 0. The van der Waals surface area contributed by atoms with Crippen LogP contribution in [0, 0.1) is 6.92 Å². The van der Waals surface area contributed by atoms with Crippen LogP contribution in [0.25, 0.3) is 0 Å². The molecule has 0 bridgehead atoms. The van der Waals surface area contributed by atoms with Crippen molar-refractivity contribution in [3.63, 3.8) is 0 Å². The first kappa shape index (κ1) is 12.4. The third kappa shape index (κ3) is 3.72. The van der Waals surface area contributed by atoms with Crippen LogP contribution in [-0.2, 0) is 0 Å². The zero-order chi connectivity index (χ0) is 12.1. The van der Waals surface area contributed by atoms with E-state index in [2.05, 4.69) is 53.4 Å². The van der Waals surface area contributed by atoms with Gasteiger partial charge < -0.3 is 10.2 Å². The minimum absolute atomic E-state index is 1.04. The van der Waals surface area contributed by atoms with E-state index < -0.39 is 0 Å². The molecule has 0 radical (unpaired) electrons. The van der Waals surface area contributed by atoms with Crippen LogP contribution in [0.4, 0.5) is 5.69 Å². The Kier molecular flexibility index (Phi) is 4.40. The van der Waals surface area contributed by atoms with E-state index in [9.17, 15) is 0 Å². The molecular formula is C14H23N3. The molecular weight excluding hydrogens is 210 g/mol. The van der Waals surface area contributed by atoms with Crippen LogP contribution in [0.3, 0.4) is 0 Å². The lowest BCUT2D eigenvalue weighted by Gasteiger charge is -2.32. The van der Waals surface area contributed by atoms with Crippen LogP contribution >= 0.6 is 0 Å². The van der Waals surface area contributed by atoms with Gasteiger partial charge in [0, 0.05) is 45.0 Å². The maximum atomic E-state index is 3.52. The summed E-state index contributed by atoms with van der Waals surface area (Å²) >= 11 is 0. The number of likely N-dealkylation sites (N-methyl/N-ethyl adjacent to an activating group) is 1. The molecule has 0 aromatic heterocycles. The number of aryl methyl sites for hydroxylation is 1. The zero-order valence-corrected chi connectivity index (χ0v) is 10.9. The Labute approximate surface area is 104 Å². The SMILES string of the molecule is Cc1ccccc1NCCN1CCN(C)CC1. The molecule has 1 saturated heterocycles. The van der Waals surface area contributed by atoms with Gasteiger partial charge in [-0.3, -0.25) is 4.90 Å². The quantitative estimate of drug-likeness (QED) is 0.853. The van der Waals surface area contributed by atoms with E-state index in [4.69, 9.17) is 0 Å². The molecule has 1 fully saturated rings. The first-order valence-electron chi connectivity index (χ1n) is 6.46. The molecule has 1 N–H and O–H groups in total. The van der Waals surface area contributed by atoms with Gasteiger partial charge in [-0.1, -0.05) is 18.2 Å². The molecule has 2 rings (SSSR count). The molecule has 1 aliphatic heterocycles. The summed E-state index contributed by atoms with van der Waals surface area (Å²) in [7, 11) is 2.20. The highest BCUT2D eigenvalue weighted by Gasteiger charge is 2.12. The Hall–Kier alpha value is -1.06. The molecule has 1 heterocycles. The third-order valence-corrected chi connectivity index (χ3v) is 3.48. The third-order valence-electron chi connectivity index (χ3n) is 3.48. The summed E-state index contributed by atoms with van der Waals surface area (Å²) in [5, 5.41) is 3.52. The summed E-state index contributed by atoms with van der Waals surface area (Å²) in [5.41, 5.74) is 2.59. The van der Waals surface area contributed by atoms with Crippen molar-refractivity contribution in [1.82, 2.24) is 9.80 Å². The van der Waals surface area contributed by atoms with E-state index in [0.717, 1.165) is 13.1 Å². The van der Waals surface area contributed by atoms with Crippen LogP contribution in [0.2, 0.25) is 0 Å². The zero-order valence-electron chi connectivity index (χ0n) is 10.9. The van der Waals surface area contributed by atoms with Gasteiger partial charge in [0.15, 0.2) is 0 Å². The Morgan fingerprint density at radius 1 is 1.12 bits per heavy atom. The van der Waals surface area contributed by atoms with E-state index in [0.29, 0.717) is 0 Å². The van der Waals surface area contributed by atoms with Crippen LogP contribution < -0.4 is 5.32 Å². The Balaban J connectivity index is 1.71. The fourth-order valence-corrected chi connectivity index (χ4v) is 2.19. The van der Waals surface area contributed by atoms with Crippen molar-refractivity contribution in [2.24, 2.45) is 0 Å². The summed E-state index contributed by atoms with van der Waals surface area (Å²) in [6, 6.07) is 8.48. The first-order valence-corrected chi connectivity index (χ1v) is 6.46. The van der Waals surface area contributed by atoms with Gasteiger partial charge in [-0.2, -0.15) is 0 Å². The number of nitrogens with one attached hydrogen (secondary N) is 1. The molecule has 0 unspecified atom stereocenters. The number of rotatable bonds is 4. The number of para-hydroxylation sites is 1. The minimum atomic E-state index is 1.04. The predicted molar refractivity (Wildman–Crippen MR) is 73.6 cm³/mol. The predicted octanol–water partition coefficient (Wildman–Crippen LogP) is 1.65. The molecule has 1 aliphatic rings. The second-order valence-corrected chi connectivity index (χ2v) is 4.89. The topological polar surface area (TPSA) is 18.5 Å². The van der Waals surface area contributed by atoms with E-state index in [1.165, 1.54) is 37.4 Å². The Morgan fingerprint density at radius 2 is 1.82 bits per heavy atom. The molecule has 1 aromatic rings. The highest BCUT2D eigenvalue weighted by Crippen LogP contribution is 2.12. The second-order valence-electron chi connectivity index (χ2n) is 4.89. The van der Waals surface area contributed by atoms with Crippen LogP contribution in [0.15, 0.2) is 24.3 Å². The molecule has 94 valence electrons. The fraction of sp³-hybridized carbons (Fsp3) is 0.571. The number of anilines is 1. The number of piperazine rings is 1. The highest BCUT2D eigenvalue weighted by molar-refractivity contribution is 5.50. The smallest absolute Gasteiger partial charge is 0.0370 e. The molecule has 0 aliphatic carbocycles. The van der Waals surface area contributed by atoms with Gasteiger partial charge in [0.05, 0.1) is 0 Å². The van der Waals surface area contributed by atoms with Gasteiger partial charge in [-0.15, -0.1) is 0 Å². The van der Waals surface area contributed by atoms with Crippen molar-refractivity contribution in [2.45, 2.75) is 6.92 Å². The Bertz CT molecular complexity index is 343. The summed E-state index contributed by atoms with van der Waals surface area (Å²) in [6.45, 7) is 9.13. The van der Waals surface area contributed by atoms with Crippen molar-refractivity contribution >= 4 is 5.69 Å². The van der Waals surface area contributed by atoms with E-state index in [1.807, 2.05) is 0 Å². The molecule has 0 saturated carbocycles. The van der Waals surface area contributed by atoms with Crippen molar-refractivity contribution in [2.75, 3.05) is 51.6 Å². The number of hydrogen-bond donors (Lipinski definition) is 1. The van der Waals surface area contributed by atoms with Gasteiger partial charge in [0.1, 0.15) is 0 Å². The number of nitrogens with zero attached hydrogens (tertiary/aromatic N) is 2. The molecule has 0 amide bonds. The van der Waals surface area contributed by atoms with Crippen molar-refractivity contribution in [3.05, 3.63) is 29.8 Å². The molecule has 3 heteroatoms. The highest BCUT2D eigenvalue weighted by atomic mass is 15.2. The average molecular weight is 233 g/mol. The van der Waals surface area contributed by atoms with Gasteiger partial charge >= 0.3 is 0 Å². The lowest BCUT2D eigenvalue weighted by molar-refractivity contribution is 0.158. The second kappa shape index (κ2) is 6.03. The van der Waals surface area contributed by atoms with E-state index in [-0.39, 0.29) is 0 Å². The molecule has 0 spiro atoms. The average Bonchev–Trinajstić information content (AvgIpc) is 2.34. The van der Waals surface area contributed by atoms with Gasteiger partial charge in [-0.25, -0.2) is 0 Å². The minimum Gasteiger partial charge on any atom is -0.384 e. The van der Waals surface area contributed by atoms with E-state index >= 15 is 0 Å². The van der Waals surface area contributed by atoms with Gasteiger partial charge in [-0.05, 0) is 25.6 Å². The lowest BCUT2D eigenvalue weighted by atomic mass is 10.2. The maximum Gasteiger partial charge on any atom is 0.0370 e. The molecule has 1 aromatic carbocycles. The Morgan fingerprint density at radius 3 is 2.53 bits per heavy atom. The monoisotopic (exact) mass is 233 g/mol. The number of hydrogen-bond acceptors (Lipinski definition) is 3. The molecule has 17 heavy (non-hydrogen) atoms. The molecule has 0 atom stereocenters. The van der Waals surface area contributed by atoms with Crippen LogP contribution in [0.5, 0.6) is 0 Å². The van der Waals surface area contributed by atoms with Crippen LogP contribution in [-0.4, -0.2) is 56.1 Å². The largest absolute Gasteiger partial charge is 0.384 e. The van der Waals surface area contributed by atoms with E-state index in [1.54, 1.807) is 0 Å².